The number of benzene rings is 2. The van der Waals surface area contributed by atoms with Crippen LogP contribution < -0.4 is 4.74 Å². The molecule has 0 spiro atoms. The fourth-order valence-corrected chi connectivity index (χ4v) is 3.87. The van der Waals surface area contributed by atoms with Gasteiger partial charge in [-0.3, -0.25) is 0 Å². The Balaban J connectivity index is 1.81. The van der Waals surface area contributed by atoms with Gasteiger partial charge in [-0.1, -0.05) is 30.3 Å². The third kappa shape index (κ3) is 4.28. The highest BCUT2D eigenvalue weighted by Crippen LogP contribution is 2.36. The molecule has 0 amide bonds. The van der Waals surface area contributed by atoms with Crippen LogP contribution in [0.2, 0.25) is 0 Å². The minimum Gasteiger partial charge on any atom is -0.497 e. The molecule has 0 N–H and O–H groups in total. The van der Waals surface area contributed by atoms with E-state index in [1.54, 1.807) is 7.11 Å². The molecule has 1 aliphatic rings. The summed E-state index contributed by atoms with van der Waals surface area (Å²) in [7, 11) is 2.90. The molecule has 6 nitrogen and oxygen atoms in total. The van der Waals surface area contributed by atoms with Crippen molar-refractivity contribution in [1.29, 1.82) is 0 Å². The molecule has 0 bridgehead atoms. The van der Waals surface area contributed by atoms with Crippen molar-refractivity contribution in [2.45, 2.75) is 19.3 Å². The van der Waals surface area contributed by atoms with Gasteiger partial charge in [-0.05, 0) is 60.2 Å². The molecular formula is C25H23NO5. The Labute approximate surface area is 180 Å². The number of methoxy groups -OCH3 is 2. The van der Waals surface area contributed by atoms with Gasteiger partial charge in [-0.15, -0.1) is 0 Å². The quantitative estimate of drug-likeness (QED) is 0.571. The minimum atomic E-state index is -0.597. The number of pyridine rings is 1. The summed E-state index contributed by atoms with van der Waals surface area (Å²) in [5.41, 5.74) is 4.97. The lowest BCUT2D eigenvalue weighted by molar-refractivity contribution is -0.144. The molecule has 4 rings (SSSR count). The van der Waals surface area contributed by atoms with Gasteiger partial charge in [0.05, 0.1) is 31.0 Å². The van der Waals surface area contributed by atoms with Gasteiger partial charge in [0.1, 0.15) is 5.75 Å². The molecular weight excluding hydrogens is 394 g/mol. The Hall–Kier alpha value is -3.67. The standard InChI is InChI=1S/C25H23NO5/c1-29-18-12-10-16(11-13-18)14-17-6-5-8-20-23(25(28)31-15-22(27)30-2)19-7-3-4-9-21(19)26-24(17)20/h3-4,7,9-14H,5-6,8,15H2,1-2H3/b17-14+. The van der Waals surface area contributed by atoms with Crippen molar-refractivity contribution in [3.05, 3.63) is 70.9 Å². The number of carbonyl (C=O) groups is 2. The van der Waals surface area contributed by atoms with Crippen molar-refractivity contribution in [3.8, 4) is 5.75 Å². The molecule has 0 radical (unpaired) electrons. The number of hydrogen-bond donors (Lipinski definition) is 0. The van der Waals surface area contributed by atoms with Gasteiger partial charge < -0.3 is 14.2 Å². The Morgan fingerprint density at radius 3 is 2.55 bits per heavy atom. The highest BCUT2D eigenvalue weighted by atomic mass is 16.6. The molecule has 0 unspecified atom stereocenters. The number of carbonyl (C=O) groups excluding carboxylic acids is 2. The number of allylic oxidation sites excluding steroid dienone is 1. The van der Waals surface area contributed by atoms with Crippen LogP contribution in [-0.4, -0.2) is 37.7 Å². The molecule has 0 aliphatic heterocycles. The second-order valence-electron chi connectivity index (χ2n) is 7.28. The lowest BCUT2D eigenvalue weighted by Gasteiger charge is -2.22. The van der Waals surface area contributed by atoms with Crippen LogP contribution >= 0.6 is 0 Å². The van der Waals surface area contributed by atoms with E-state index in [2.05, 4.69) is 10.8 Å². The van der Waals surface area contributed by atoms with E-state index in [9.17, 15) is 9.59 Å². The van der Waals surface area contributed by atoms with E-state index in [1.165, 1.54) is 7.11 Å². The fourth-order valence-electron chi connectivity index (χ4n) is 3.87. The number of para-hydroxylation sites is 1. The lowest BCUT2D eigenvalue weighted by Crippen LogP contribution is -2.19. The second-order valence-corrected chi connectivity index (χ2v) is 7.28. The van der Waals surface area contributed by atoms with Gasteiger partial charge in [-0.2, -0.15) is 0 Å². The van der Waals surface area contributed by atoms with Crippen LogP contribution in [0.5, 0.6) is 5.75 Å². The van der Waals surface area contributed by atoms with E-state index < -0.39 is 18.5 Å². The normalized spacial score (nSPS) is 14.2. The van der Waals surface area contributed by atoms with Gasteiger partial charge in [-0.25, -0.2) is 14.6 Å². The number of esters is 2. The van der Waals surface area contributed by atoms with Gasteiger partial charge in [0.15, 0.2) is 6.61 Å². The smallest absolute Gasteiger partial charge is 0.344 e. The summed E-state index contributed by atoms with van der Waals surface area (Å²) in [6.07, 6.45) is 4.58. The van der Waals surface area contributed by atoms with Crippen LogP contribution in [0.25, 0.3) is 22.6 Å². The van der Waals surface area contributed by atoms with Crippen molar-refractivity contribution >= 4 is 34.5 Å². The van der Waals surface area contributed by atoms with E-state index in [0.29, 0.717) is 11.1 Å². The maximum atomic E-state index is 13.0. The molecule has 3 aromatic rings. The third-order valence-corrected chi connectivity index (χ3v) is 5.38. The number of nitrogens with zero attached hydrogens (tertiary/aromatic N) is 1. The Morgan fingerprint density at radius 1 is 1.03 bits per heavy atom. The molecule has 6 heteroatoms. The molecule has 2 aromatic carbocycles. The van der Waals surface area contributed by atoms with E-state index in [-0.39, 0.29) is 0 Å². The molecule has 0 saturated heterocycles. The summed E-state index contributed by atoms with van der Waals surface area (Å²) in [5, 5.41) is 0.724. The highest BCUT2D eigenvalue weighted by Gasteiger charge is 2.26. The zero-order valence-electron chi connectivity index (χ0n) is 17.5. The molecule has 0 atom stereocenters. The summed E-state index contributed by atoms with van der Waals surface area (Å²) < 4.78 is 15.1. The number of rotatable bonds is 5. The van der Waals surface area contributed by atoms with Crippen molar-refractivity contribution in [2.24, 2.45) is 0 Å². The third-order valence-electron chi connectivity index (χ3n) is 5.38. The maximum absolute atomic E-state index is 13.0. The number of ether oxygens (including phenoxy) is 3. The van der Waals surface area contributed by atoms with Crippen molar-refractivity contribution in [1.82, 2.24) is 4.98 Å². The van der Waals surface area contributed by atoms with Crippen molar-refractivity contribution < 1.29 is 23.8 Å². The molecule has 1 aliphatic carbocycles. The predicted molar refractivity (Wildman–Crippen MR) is 118 cm³/mol. The van der Waals surface area contributed by atoms with Gasteiger partial charge in [0.2, 0.25) is 0 Å². The van der Waals surface area contributed by atoms with Gasteiger partial charge in [0, 0.05) is 5.39 Å². The molecule has 0 fully saturated rings. The van der Waals surface area contributed by atoms with E-state index in [0.717, 1.165) is 52.8 Å². The van der Waals surface area contributed by atoms with Crippen LogP contribution in [0, 0.1) is 0 Å². The fraction of sp³-hybridized carbons (Fsp3) is 0.240. The summed E-state index contributed by atoms with van der Waals surface area (Å²) >= 11 is 0. The summed E-state index contributed by atoms with van der Waals surface area (Å²) in [6.45, 7) is -0.421. The SMILES string of the molecule is COC(=O)COC(=O)c1c2c(nc3ccccc13)/C(=C/c1ccc(OC)cc1)CCC2. The first-order valence-electron chi connectivity index (χ1n) is 10.1. The zero-order valence-corrected chi connectivity index (χ0v) is 17.5. The average Bonchev–Trinajstić information content (AvgIpc) is 2.81. The van der Waals surface area contributed by atoms with Crippen LogP contribution in [0.15, 0.2) is 48.5 Å². The van der Waals surface area contributed by atoms with Crippen LogP contribution in [-0.2, 0) is 20.7 Å². The molecule has 0 saturated carbocycles. The maximum Gasteiger partial charge on any atom is 0.344 e. The van der Waals surface area contributed by atoms with Gasteiger partial charge >= 0.3 is 11.9 Å². The Bertz CT molecular complexity index is 1160. The van der Waals surface area contributed by atoms with Crippen molar-refractivity contribution in [3.63, 3.8) is 0 Å². The first kappa shape index (κ1) is 20.6. The first-order valence-corrected chi connectivity index (χ1v) is 10.1. The van der Waals surface area contributed by atoms with Crippen LogP contribution in [0.3, 0.4) is 0 Å². The summed E-state index contributed by atoms with van der Waals surface area (Å²) in [5.74, 6) is -0.336. The molecule has 1 aromatic heterocycles. The number of hydrogen-bond acceptors (Lipinski definition) is 6. The predicted octanol–water partition coefficient (Wildman–Crippen LogP) is 4.45. The Morgan fingerprint density at radius 2 is 1.81 bits per heavy atom. The monoisotopic (exact) mass is 417 g/mol. The average molecular weight is 417 g/mol. The molecule has 1 heterocycles. The molecule has 31 heavy (non-hydrogen) atoms. The largest absolute Gasteiger partial charge is 0.497 e. The van der Waals surface area contributed by atoms with Crippen LogP contribution in [0.1, 0.15) is 40.0 Å². The number of aromatic nitrogens is 1. The van der Waals surface area contributed by atoms with Gasteiger partial charge in [0.25, 0.3) is 0 Å². The summed E-state index contributed by atoms with van der Waals surface area (Å²) in [6, 6.07) is 15.3. The van der Waals surface area contributed by atoms with Crippen molar-refractivity contribution in [2.75, 3.05) is 20.8 Å². The first-order chi connectivity index (χ1) is 15.1. The minimum absolute atomic E-state index is 0.421. The molecule has 158 valence electrons. The summed E-state index contributed by atoms with van der Waals surface area (Å²) in [4.78, 5) is 29.4. The topological polar surface area (TPSA) is 74.7 Å². The second kappa shape index (κ2) is 9.00. The Kier molecular flexibility index (Phi) is 5.98. The van der Waals surface area contributed by atoms with E-state index >= 15 is 0 Å². The van der Waals surface area contributed by atoms with E-state index in [4.69, 9.17) is 14.5 Å². The zero-order chi connectivity index (χ0) is 21.8. The van der Waals surface area contributed by atoms with Crippen LogP contribution in [0.4, 0.5) is 0 Å². The van der Waals surface area contributed by atoms with E-state index in [1.807, 2.05) is 48.5 Å². The highest BCUT2D eigenvalue weighted by molar-refractivity contribution is 6.07. The number of fused-ring (bicyclic) bond motifs is 2. The lowest BCUT2D eigenvalue weighted by atomic mass is 9.86.